The number of phosphoric acid groups is 1. The number of carbonyl (C=O) groups excluding carboxylic acids is 2. The number of phosphoric ester groups is 1. The first-order valence-corrected chi connectivity index (χ1v) is 23.0. The average Bonchev–Trinajstić information content (AvgIpc) is 3.09. The van der Waals surface area contributed by atoms with Crippen molar-refractivity contribution >= 4 is 19.8 Å². The van der Waals surface area contributed by atoms with E-state index in [9.17, 15) is 19.0 Å². The Morgan fingerprint density at radius 1 is 0.577 bits per heavy atom. The summed E-state index contributed by atoms with van der Waals surface area (Å²) < 4.78 is 34.3. The van der Waals surface area contributed by atoms with Crippen LogP contribution in [0.25, 0.3) is 0 Å². The van der Waals surface area contributed by atoms with Crippen LogP contribution in [-0.2, 0) is 32.7 Å². The van der Waals surface area contributed by atoms with Gasteiger partial charge in [-0.3, -0.25) is 18.6 Å². The SMILES string of the molecule is CCC(C)CCCCCCCCCCCCC(=O)OCC(COP(=O)(O)OCC[N+](C)(C)C)OC(=O)CCCCCCCCCCCCC(C)CC. The molecular weight excluding hydrogens is 677 g/mol. The first-order valence-electron chi connectivity index (χ1n) is 21.5. The third kappa shape index (κ3) is 36.0. The van der Waals surface area contributed by atoms with Gasteiger partial charge >= 0.3 is 19.8 Å². The Hall–Kier alpha value is -0.990. The van der Waals surface area contributed by atoms with Gasteiger partial charge in [0.25, 0.3) is 0 Å². The number of ether oxygens (including phenoxy) is 2. The summed E-state index contributed by atoms with van der Waals surface area (Å²) in [4.78, 5) is 35.3. The van der Waals surface area contributed by atoms with Gasteiger partial charge in [-0.25, -0.2) is 4.57 Å². The van der Waals surface area contributed by atoms with Crippen LogP contribution in [0, 0.1) is 11.8 Å². The summed E-state index contributed by atoms with van der Waals surface area (Å²) in [6.07, 6.45) is 28.5. The van der Waals surface area contributed by atoms with E-state index in [0.29, 0.717) is 23.9 Å². The fraction of sp³-hybridized carbons (Fsp3) is 0.952. The summed E-state index contributed by atoms with van der Waals surface area (Å²) in [5.74, 6) is 0.916. The number of hydrogen-bond donors (Lipinski definition) is 1. The quantitative estimate of drug-likeness (QED) is 0.0287. The monoisotopic (exact) mass is 763 g/mol. The first-order chi connectivity index (χ1) is 24.8. The molecule has 0 radical (unpaired) electrons. The minimum atomic E-state index is -4.36. The second kappa shape index (κ2) is 33.4. The summed E-state index contributed by atoms with van der Waals surface area (Å²) in [7, 11) is 1.49. The normalized spacial score (nSPS) is 14.8. The Balaban J connectivity index is 4.37. The molecule has 4 atom stereocenters. The van der Waals surface area contributed by atoms with Crippen molar-refractivity contribution in [3.05, 3.63) is 0 Å². The lowest BCUT2D eigenvalue weighted by molar-refractivity contribution is -0.870. The Morgan fingerprint density at radius 3 is 1.37 bits per heavy atom. The van der Waals surface area contributed by atoms with Gasteiger partial charge < -0.3 is 18.9 Å². The zero-order valence-corrected chi connectivity index (χ0v) is 36.0. The summed E-state index contributed by atoms with van der Waals surface area (Å²) in [5.41, 5.74) is 0. The van der Waals surface area contributed by atoms with Crippen molar-refractivity contribution in [3.63, 3.8) is 0 Å². The highest BCUT2D eigenvalue weighted by molar-refractivity contribution is 7.47. The minimum Gasteiger partial charge on any atom is -0.462 e. The lowest BCUT2D eigenvalue weighted by Gasteiger charge is -2.24. The third-order valence-corrected chi connectivity index (χ3v) is 11.2. The smallest absolute Gasteiger partial charge is 0.462 e. The van der Waals surface area contributed by atoms with Gasteiger partial charge in [-0.2, -0.15) is 0 Å². The Morgan fingerprint density at radius 2 is 0.962 bits per heavy atom. The molecule has 1 N–H and O–H groups in total. The summed E-state index contributed by atoms with van der Waals surface area (Å²) in [5, 5.41) is 0. The van der Waals surface area contributed by atoms with E-state index in [-0.39, 0.29) is 25.6 Å². The molecule has 52 heavy (non-hydrogen) atoms. The van der Waals surface area contributed by atoms with E-state index in [1.807, 2.05) is 21.1 Å². The van der Waals surface area contributed by atoms with Crippen molar-refractivity contribution < 1.29 is 42.1 Å². The molecule has 0 aliphatic heterocycles. The number of hydrogen-bond acceptors (Lipinski definition) is 7. The van der Waals surface area contributed by atoms with E-state index in [2.05, 4.69) is 27.7 Å². The van der Waals surface area contributed by atoms with Crippen LogP contribution in [0.1, 0.15) is 195 Å². The Kier molecular flexibility index (Phi) is 32.7. The molecule has 0 saturated carbocycles. The van der Waals surface area contributed by atoms with Crippen LogP contribution in [0.2, 0.25) is 0 Å². The molecule has 0 bridgehead atoms. The largest absolute Gasteiger partial charge is 0.472 e. The van der Waals surface area contributed by atoms with Crippen molar-refractivity contribution in [1.82, 2.24) is 0 Å². The molecule has 0 aromatic rings. The first kappa shape index (κ1) is 51.0. The number of esters is 2. The molecule has 0 rings (SSSR count). The number of unbranched alkanes of at least 4 members (excludes halogenated alkanes) is 18. The van der Waals surface area contributed by atoms with Gasteiger partial charge in [-0.05, 0) is 24.7 Å². The Labute approximate surface area is 321 Å². The summed E-state index contributed by atoms with van der Waals surface area (Å²) in [6.45, 7) is 9.15. The zero-order valence-electron chi connectivity index (χ0n) is 35.1. The number of carbonyl (C=O) groups is 2. The fourth-order valence-corrected chi connectivity index (χ4v) is 6.77. The van der Waals surface area contributed by atoms with E-state index >= 15 is 0 Å². The highest BCUT2D eigenvalue weighted by Crippen LogP contribution is 2.43. The van der Waals surface area contributed by atoms with Crippen molar-refractivity contribution in [2.45, 2.75) is 201 Å². The van der Waals surface area contributed by atoms with E-state index < -0.39 is 26.5 Å². The van der Waals surface area contributed by atoms with Crippen LogP contribution >= 0.6 is 7.82 Å². The maximum Gasteiger partial charge on any atom is 0.472 e. The zero-order chi connectivity index (χ0) is 38.9. The van der Waals surface area contributed by atoms with E-state index in [4.69, 9.17) is 18.5 Å². The summed E-state index contributed by atoms with van der Waals surface area (Å²) >= 11 is 0. The molecule has 0 fully saturated rings. The lowest BCUT2D eigenvalue weighted by Crippen LogP contribution is -2.37. The minimum absolute atomic E-state index is 0.0353. The topological polar surface area (TPSA) is 108 Å². The summed E-state index contributed by atoms with van der Waals surface area (Å²) in [6, 6.07) is 0. The van der Waals surface area contributed by atoms with Crippen LogP contribution in [0.3, 0.4) is 0 Å². The van der Waals surface area contributed by atoms with Crippen LogP contribution < -0.4 is 0 Å². The predicted octanol–water partition coefficient (Wildman–Crippen LogP) is 11.7. The van der Waals surface area contributed by atoms with Crippen molar-refractivity contribution in [2.75, 3.05) is 47.5 Å². The Bertz CT molecular complexity index is 896. The standard InChI is InChI=1S/C42H84NO8P/c1-8-38(3)30-26-22-18-14-10-12-16-20-24-28-32-41(44)48-36-40(37-50-52(46,47)49-35-34-43(5,6)7)51-42(45)33-29-25-21-17-13-11-15-19-23-27-31-39(4)9-2/h38-40H,8-37H2,1-7H3/p+1. The number of quaternary nitrogens is 1. The van der Waals surface area contributed by atoms with Gasteiger partial charge in [-0.1, -0.05) is 169 Å². The molecule has 0 heterocycles. The predicted molar refractivity (Wildman–Crippen MR) is 215 cm³/mol. The maximum absolute atomic E-state index is 12.7. The van der Waals surface area contributed by atoms with Crippen LogP contribution in [0.4, 0.5) is 0 Å². The number of likely N-dealkylation sites (N-methyl/N-ethyl adjacent to an activating group) is 1. The van der Waals surface area contributed by atoms with E-state index in [1.54, 1.807) is 0 Å². The molecule has 0 spiro atoms. The van der Waals surface area contributed by atoms with Gasteiger partial charge in [0.1, 0.15) is 19.8 Å². The van der Waals surface area contributed by atoms with Crippen molar-refractivity contribution in [1.29, 1.82) is 0 Å². The molecule has 310 valence electrons. The lowest BCUT2D eigenvalue weighted by atomic mass is 9.99. The molecular formula is C42H85NO8P+. The fourth-order valence-electron chi connectivity index (χ4n) is 6.02. The molecule has 9 nitrogen and oxygen atoms in total. The molecule has 0 aromatic carbocycles. The molecule has 0 amide bonds. The molecule has 0 saturated heterocycles. The second-order valence-electron chi connectivity index (χ2n) is 16.6. The van der Waals surface area contributed by atoms with Gasteiger partial charge in [0.05, 0.1) is 27.7 Å². The maximum atomic E-state index is 12.7. The highest BCUT2D eigenvalue weighted by Gasteiger charge is 2.27. The molecule has 0 aliphatic carbocycles. The molecule has 10 heteroatoms. The van der Waals surface area contributed by atoms with Crippen LogP contribution in [0.5, 0.6) is 0 Å². The van der Waals surface area contributed by atoms with Gasteiger partial charge in [-0.15, -0.1) is 0 Å². The van der Waals surface area contributed by atoms with Gasteiger partial charge in [0.15, 0.2) is 6.10 Å². The second-order valence-corrected chi connectivity index (χ2v) is 18.0. The van der Waals surface area contributed by atoms with Gasteiger partial charge in [0, 0.05) is 12.8 Å². The molecule has 4 unspecified atom stereocenters. The average molecular weight is 763 g/mol. The van der Waals surface area contributed by atoms with E-state index in [1.165, 1.54) is 116 Å². The molecule has 0 aliphatic rings. The van der Waals surface area contributed by atoms with E-state index in [0.717, 1.165) is 43.9 Å². The van der Waals surface area contributed by atoms with Crippen molar-refractivity contribution in [2.24, 2.45) is 11.8 Å². The third-order valence-electron chi connectivity index (χ3n) is 10.2. The van der Waals surface area contributed by atoms with Crippen molar-refractivity contribution in [3.8, 4) is 0 Å². The van der Waals surface area contributed by atoms with Crippen LogP contribution in [-0.4, -0.2) is 74.9 Å². The molecule has 0 aromatic heterocycles. The van der Waals surface area contributed by atoms with Gasteiger partial charge in [0.2, 0.25) is 0 Å². The number of nitrogens with zero attached hydrogens (tertiary/aromatic N) is 1. The van der Waals surface area contributed by atoms with Crippen LogP contribution in [0.15, 0.2) is 0 Å². The number of rotatable bonds is 38. The highest BCUT2D eigenvalue weighted by atomic mass is 31.2.